The fourth-order valence-corrected chi connectivity index (χ4v) is 5.12. The van der Waals surface area contributed by atoms with Gasteiger partial charge in [0.15, 0.2) is 27.2 Å². The predicted octanol–water partition coefficient (Wildman–Crippen LogP) is 4.20. The molecule has 0 N–H and O–H groups in total. The molecule has 10 nitrogen and oxygen atoms in total. The fraction of sp³-hybridized carbons (Fsp3) is 0.500. The number of benzene rings is 1. The van der Waals surface area contributed by atoms with Crippen LogP contribution in [-0.4, -0.2) is 55.0 Å². The third-order valence-electron chi connectivity index (χ3n) is 6.43. The van der Waals surface area contributed by atoms with Crippen molar-refractivity contribution in [3.63, 3.8) is 0 Å². The molecule has 2 aromatic heterocycles. The number of sulfone groups is 1. The highest BCUT2D eigenvalue weighted by Gasteiger charge is 2.29. The minimum Gasteiger partial charge on any atom is -0.435 e. The molecule has 1 aliphatic rings. The molecular formula is C24H30FN5O5S. The minimum absolute atomic E-state index is 0.115. The Morgan fingerprint density at radius 1 is 1.22 bits per heavy atom. The second-order valence-corrected chi connectivity index (χ2v) is 11.1. The molecule has 0 aliphatic heterocycles. The Balaban J connectivity index is 1.54. The Bertz CT molecular complexity index is 1320. The summed E-state index contributed by atoms with van der Waals surface area (Å²) in [6.45, 7) is 2.12. The third kappa shape index (κ3) is 5.81. The summed E-state index contributed by atoms with van der Waals surface area (Å²) in [5, 5.41) is 4.01. The summed E-state index contributed by atoms with van der Waals surface area (Å²) in [4.78, 5) is 15.1. The quantitative estimate of drug-likeness (QED) is 0.400. The SMILES string of the molecule is COCc1noc(C2CCCCC(N(C)c3ncnc(Oc4ccc(S(C)(=O)=O)cc4F)c3C)C2)n1. The van der Waals surface area contributed by atoms with Crippen molar-refractivity contribution in [2.24, 2.45) is 0 Å². The molecule has 0 saturated heterocycles. The van der Waals surface area contributed by atoms with Gasteiger partial charge in [0.05, 0.1) is 10.5 Å². The number of methoxy groups -OCH3 is 1. The molecule has 2 heterocycles. The number of hydrogen-bond donors (Lipinski definition) is 0. The Morgan fingerprint density at radius 3 is 2.72 bits per heavy atom. The number of hydrogen-bond acceptors (Lipinski definition) is 10. The van der Waals surface area contributed by atoms with Gasteiger partial charge in [-0.1, -0.05) is 18.0 Å². The van der Waals surface area contributed by atoms with Crippen molar-refractivity contribution in [1.82, 2.24) is 20.1 Å². The zero-order valence-corrected chi connectivity index (χ0v) is 21.6. The summed E-state index contributed by atoms with van der Waals surface area (Å²) in [6.07, 6.45) is 7.24. The van der Waals surface area contributed by atoms with Crippen molar-refractivity contribution in [3.05, 3.63) is 47.6 Å². The Kier molecular flexibility index (Phi) is 7.84. The molecule has 36 heavy (non-hydrogen) atoms. The van der Waals surface area contributed by atoms with Crippen LogP contribution in [0.4, 0.5) is 10.2 Å². The fourth-order valence-electron chi connectivity index (χ4n) is 4.49. The summed E-state index contributed by atoms with van der Waals surface area (Å²) in [5.74, 6) is 1.25. The van der Waals surface area contributed by atoms with E-state index in [9.17, 15) is 12.8 Å². The molecule has 1 fully saturated rings. The largest absolute Gasteiger partial charge is 0.435 e. The van der Waals surface area contributed by atoms with Crippen LogP contribution in [-0.2, 0) is 21.2 Å². The summed E-state index contributed by atoms with van der Waals surface area (Å²) >= 11 is 0. The van der Waals surface area contributed by atoms with Crippen LogP contribution >= 0.6 is 0 Å². The molecule has 2 atom stereocenters. The maximum absolute atomic E-state index is 14.6. The summed E-state index contributed by atoms with van der Waals surface area (Å²) in [5.41, 5.74) is 0.646. The molecule has 1 aromatic carbocycles. The normalized spacial score (nSPS) is 18.6. The number of ether oxygens (including phenoxy) is 2. The summed E-state index contributed by atoms with van der Waals surface area (Å²) in [7, 11) is 0.0291. The second kappa shape index (κ2) is 10.9. The Hall–Kier alpha value is -3.12. The molecule has 194 valence electrons. The van der Waals surface area contributed by atoms with E-state index in [0.717, 1.165) is 44.4 Å². The van der Waals surface area contributed by atoms with Gasteiger partial charge in [-0.15, -0.1) is 0 Å². The van der Waals surface area contributed by atoms with Gasteiger partial charge >= 0.3 is 0 Å². The summed E-state index contributed by atoms with van der Waals surface area (Å²) in [6, 6.07) is 3.69. The highest BCUT2D eigenvalue weighted by molar-refractivity contribution is 7.90. The first-order valence-corrected chi connectivity index (χ1v) is 13.6. The van der Waals surface area contributed by atoms with Gasteiger partial charge in [-0.2, -0.15) is 4.98 Å². The van der Waals surface area contributed by atoms with Crippen LogP contribution in [0, 0.1) is 12.7 Å². The number of halogens is 1. The van der Waals surface area contributed by atoms with Gasteiger partial charge in [-0.25, -0.2) is 22.8 Å². The lowest BCUT2D eigenvalue weighted by Gasteiger charge is -2.30. The van der Waals surface area contributed by atoms with Crippen LogP contribution in [0.15, 0.2) is 33.9 Å². The third-order valence-corrected chi connectivity index (χ3v) is 7.54. The van der Waals surface area contributed by atoms with E-state index in [4.69, 9.17) is 14.0 Å². The van der Waals surface area contributed by atoms with E-state index < -0.39 is 15.7 Å². The van der Waals surface area contributed by atoms with Crippen molar-refractivity contribution in [2.45, 2.75) is 62.5 Å². The number of aromatic nitrogens is 4. The van der Waals surface area contributed by atoms with Gasteiger partial charge in [0.25, 0.3) is 0 Å². The van der Waals surface area contributed by atoms with Gasteiger partial charge in [-0.05, 0) is 44.4 Å². The zero-order chi connectivity index (χ0) is 25.9. The van der Waals surface area contributed by atoms with E-state index in [1.165, 1.54) is 18.5 Å². The van der Waals surface area contributed by atoms with Gasteiger partial charge in [0.2, 0.25) is 11.8 Å². The number of rotatable bonds is 8. The van der Waals surface area contributed by atoms with E-state index >= 15 is 0 Å². The monoisotopic (exact) mass is 519 g/mol. The average molecular weight is 520 g/mol. The molecule has 0 bridgehead atoms. The van der Waals surface area contributed by atoms with E-state index in [1.54, 1.807) is 7.11 Å². The molecule has 0 spiro atoms. The first kappa shape index (κ1) is 26.0. The van der Waals surface area contributed by atoms with Crippen LogP contribution in [0.2, 0.25) is 0 Å². The van der Waals surface area contributed by atoms with Crippen molar-refractivity contribution in [1.29, 1.82) is 0 Å². The molecular weight excluding hydrogens is 489 g/mol. The molecule has 4 rings (SSSR count). The molecule has 0 amide bonds. The van der Waals surface area contributed by atoms with Crippen molar-refractivity contribution >= 4 is 15.7 Å². The van der Waals surface area contributed by atoms with E-state index in [1.807, 2.05) is 14.0 Å². The Labute approximate surface area is 209 Å². The van der Waals surface area contributed by atoms with Crippen LogP contribution in [0.25, 0.3) is 0 Å². The van der Waals surface area contributed by atoms with E-state index in [2.05, 4.69) is 25.0 Å². The van der Waals surface area contributed by atoms with Crippen LogP contribution in [0.1, 0.15) is 55.3 Å². The molecule has 1 saturated carbocycles. The van der Waals surface area contributed by atoms with E-state index in [-0.39, 0.29) is 28.5 Å². The van der Waals surface area contributed by atoms with Crippen molar-refractivity contribution < 1.29 is 26.8 Å². The molecule has 0 radical (unpaired) electrons. The predicted molar refractivity (Wildman–Crippen MR) is 129 cm³/mol. The first-order chi connectivity index (χ1) is 17.2. The second-order valence-electron chi connectivity index (χ2n) is 9.06. The molecule has 2 unspecified atom stereocenters. The van der Waals surface area contributed by atoms with Gasteiger partial charge < -0.3 is 18.9 Å². The van der Waals surface area contributed by atoms with Crippen LogP contribution in [0.5, 0.6) is 11.6 Å². The lowest BCUT2D eigenvalue weighted by Crippen LogP contribution is -2.33. The topological polar surface area (TPSA) is 121 Å². The Morgan fingerprint density at radius 2 is 2.00 bits per heavy atom. The number of anilines is 1. The molecule has 1 aliphatic carbocycles. The summed E-state index contributed by atoms with van der Waals surface area (Å²) < 4.78 is 54.3. The maximum Gasteiger partial charge on any atom is 0.229 e. The van der Waals surface area contributed by atoms with Gasteiger partial charge in [-0.3, -0.25) is 0 Å². The lowest BCUT2D eigenvalue weighted by molar-refractivity contribution is 0.174. The lowest BCUT2D eigenvalue weighted by atomic mass is 9.97. The molecule has 3 aromatic rings. The minimum atomic E-state index is -3.53. The van der Waals surface area contributed by atoms with Crippen LogP contribution in [0.3, 0.4) is 0 Å². The van der Waals surface area contributed by atoms with Gasteiger partial charge in [0, 0.05) is 32.4 Å². The smallest absolute Gasteiger partial charge is 0.229 e. The molecule has 12 heteroatoms. The van der Waals surface area contributed by atoms with Crippen molar-refractivity contribution in [3.8, 4) is 11.6 Å². The zero-order valence-electron chi connectivity index (χ0n) is 20.8. The highest BCUT2D eigenvalue weighted by Crippen LogP contribution is 2.36. The number of nitrogens with zero attached hydrogens (tertiary/aromatic N) is 5. The van der Waals surface area contributed by atoms with Crippen LogP contribution < -0.4 is 9.64 Å². The van der Waals surface area contributed by atoms with E-state index in [0.29, 0.717) is 29.7 Å². The van der Waals surface area contributed by atoms with Crippen molar-refractivity contribution in [2.75, 3.05) is 25.3 Å². The highest BCUT2D eigenvalue weighted by atomic mass is 32.2. The standard InChI is InChI=1S/C24H30FN5O5S/c1-15-22(26-14-27-23(15)34-20-10-9-18(12-19(20)25)36(4,31)32)30(2)17-8-6-5-7-16(11-17)24-28-21(13-33-3)29-35-24/h9-10,12,14,16-17H,5-8,11,13H2,1-4H3. The van der Waals surface area contributed by atoms with Gasteiger partial charge in [0.1, 0.15) is 18.8 Å². The maximum atomic E-state index is 14.6. The first-order valence-electron chi connectivity index (χ1n) is 11.7. The average Bonchev–Trinajstić information content (AvgIpc) is 3.16.